The van der Waals surface area contributed by atoms with E-state index in [9.17, 15) is 10.2 Å². The first-order valence-electron chi connectivity index (χ1n) is 6.05. The Labute approximate surface area is 108 Å². The molecule has 2 aromatic carbocycles. The Hall–Kier alpha value is -1.96. The highest BCUT2D eigenvalue weighted by atomic mass is 16.3. The van der Waals surface area contributed by atoms with Gasteiger partial charge in [0.2, 0.25) is 0 Å². The van der Waals surface area contributed by atoms with Gasteiger partial charge in [-0.05, 0) is 49.1 Å². The van der Waals surface area contributed by atoms with E-state index in [1.54, 1.807) is 0 Å². The average molecular weight is 242 g/mol. The summed E-state index contributed by atoms with van der Waals surface area (Å²) in [7, 11) is 0. The summed E-state index contributed by atoms with van der Waals surface area (Å²) in [5.74, 6) is 0.287. The second-order valence-electron chi connectivity index (χ2n) is 4.87. The molecule has 0 amide bonds. The van der Waals surface area contributed by atoms with E-state index >= 15 is 0 Å². The fraction of sp³-hybridized carbons (Fsp3) is 0.250. The maximum Gasteiger partial charge on any atom is 0.122 e. The Morgan fingerprint density at radius 2 is 1.50 bits per heavy atom. The zero-order valence-electron chi connectivity index (χ0n) is 11.0. The van der Waals surface area contributed by atoms with Crippen LogP contribution in [0.15, 0.2) is 30.3 Å². The van der Waals surface area contributed by atoms with E-state index < -0.39 is 0 Å². The van der Waals surface area contributed by atoms with Crippen molar-refractivity contribution in [1.29, 1.82) is 0 Å². The van der Waals surface area contributed by atoms with E-state index in [1.807, 2.05) is 13.0 Å². The number of benzene rings is 2. The van der Waals surface area contributed by atoms with Gasteiger partial charge >= 0.3 is 0 Å². The predicted molar refractivity (Wildman–Crippen MR) is 73.2 cm³/mol. The third-order valence-electron chi connectivity index (χ3n) is 3.28. The molecule has 0 spiro atoms. The van der Waals surface area contributed by atoms with Crippen molar-refractivity contribution in [3.8, 4) is 11.5 Å². The van der Waals surface area contributed by atoms with Crippen molar-refractivity contribution in [2.45, 2.75) is 27.2 Å². The number of hydrogen-bond acceptors (Lipinski definition) is 2. The molecule has 0 atom stereocenters. The smallest absolute Gasteiger partial charge is 0.122 e. The van der Waals surface area contributed by atoms with Gasteiger partial charge in [-0.25, -0.2) is 0 Å². The molecule has 0 fully saturated rings. The van der Waals surface area contributed by atoms with Crippen molar-refractivity contribution < 1.29 is 10.2 Å². The summed E-state index contributed by atoms with van der Waals surface area (Å²) < 4.78 is 0. The van der Waals surface area contributed by atoms with Crippen LogP contribution >= 0.6 is 0 Å². The van der Waals surface area contributed by atoms with E-state index in [0.717, 1.165) is 11.1 Å². The lowest BCUT2D eigenvalue weighted by atomic mass is 9.97. The minimum atomic E-state index is 0.136. The van der Waals surface area contributed by atoms with Gasteiger partial charge < -0.3 is 10.2 Å². The Morgan fingerprint density at radius 1 is 0.778 bits per heavy atom. The lowest BCUT2D eigenvalue weighted by Crippen LogP contribution is -1.94. The summed E-state index contributed by atoms with van der Waals surface area (Å²) in [6.07, 6.45) is 0.680. The zero-order valence-corrected chi connectivity index (χ0v) is 11.0. The van der Waals surface area contributed by atoms with Gasteiger partial charge in [0.05, 0.1) is 0 Å². The standard InChI is InChI=1S/C16H18O2/c1-10-4-5-13(11(2)6-10)8-14-7-12(3)15(17)9-16(14)18/h4-7,9,17-18H,8H2,1-3H3. The highest BCUT2D eigenvalue weighted by Gasteiger charge is 2.08. The van der Waals surface area contributed by atoms with Crippen molar-refractivity contribution in [1.82, 2.24) is 0 Å². The van der Waals surface area contributed by atoms with Gasteiger partial charge in [0.15, 0.2) is 0 Å². The van der Waals surface area contributed by atoms with E-state index in [4.69, 9.17) is 0 Å². The molecule has 2 nitrogen and oxygen atoms in total. The van der Waals surface area contributed by atoms with Gasteiger partial charge in [-0.15, -0.1) is 0 Å². The number of aryl methyl sites for hydroxylation is 3. The van der Waals surface area contributed by atoms with Crippen molar-refractivity contribution in [3.05, 3.63) is 58.1 Å². The van der Waals surface area contributed by atoms with Gasteiger partial charge in [-0.1, -0.05) is 23.8 Å². The molecule has 2 aromatic rings. The summed E-state index contributed by atoms with van der Waals surface area (Å²) in [5, 5.41) is 19.4. The molecule has 0 bridgehead atoms. The molecule has 0 saturated heterocycles. The quantitative estimate of drug-likeness (QED) is 0.844. The number of rotatable bonds is 2. The first-order chi connectivity index (χ1) is 8.47. The molecular formula is C16H18O2. The SMILES string of the molecule is Cc1ccc(Cc2cc(C)c(O)cc2O)c(C)c1. The molecule has 2 heteroatoms. The summed E-state index contributed by atoms with van der Waals surface area (Å²) >= 11 is 0. The molecule has 18 heavy (non-hydrogen) atoms. The lowest BCUT2D eigenvalue weighted by Gasteiger charge is -2.10. The topological polar surface area (TPSA) is 40.5 Å². The maximum absolute atomic E-state index is 9.86. The fourth-order valence-electron chi connectivity index (χ4n) is 2.14. The van der Waals surface area contributed by atoms with Crippen LogP contribution in [0.3, 0.4) is 0 Å². The monoisotopic (exact) mass is 242 g/mol. The zero-order chi connectivity index (χ0) is 13.3. The average Bonchev–Trinajstić information content (AvgIpc) is 2.29. The third-order valence-corrected chi connectivity index (χ3v) is 3.28. The number of aromatic hydroxyl groups is 2. The first kappa shape index (κ1) is 12.5. The Kier molecular flexibility index (Phi) is 3.28. The maximum atomic E-state index is 9.86. The van der Waals surface area contributed by atoms with E-state index in [-0.39, 0.29) is 11.5 Å². The summed E-state index contributed by atoms with van der Waals surface area (Å²) in [6.45, 7) is 5.98. The lowest BCUT2D eigenvalue weighted by molar-refractivity contribution is 0.444. The summed E-state index contributed by atoms with van der Waals surface area (Å²) in [6, 6.07) is 9.55. The van der Waals surface area contributed by atoms with Crippen molar-refractivity contribution >= 4 is 0 Å². The second kappa shape index (κ2) is 4.73. The van der Waals surface area contributed by atoms with Crippen LogP contribution in [0.4, 0.5) is 0 Å². The van der Waals surface area contributed by atoms with Crippen molar-refractivity contribution in [2.24, 2.45) is 0 Å². The number of phenols is 2. The molecule has 0 radical (unpaired) electrons. The second-order valence-corrected chi connectivity index (χ2v) is 4.87. The van der Waals surface area contributed by atoms with E-state index in [2.05, 4.69) is 32.0 Å². The van der Waals surface area contributed by atoms with E-state index in [1.165, 1.54) is 22.8 Å². The molecular weight excluding hydrogens is 224 g/mol. The molecule has 0 aromatic heterocycles. The fourth-order valence-corrected chi connectivity index (χ4v) is 2.14. The van der Waals surface area contributed by atoms with Crippen LogP contribution < -0.4 is 0 Å². The first-order valence-corrected chi connectivity index (χ1v) is 6.05. The number of phenolic OH excluding ortho intramolecular Hbond substituents is 2. The molecule has 94 valence electrons. The number of hydrogen-bond donors (Lipinski definition) is 2. The minimum absolute atomic E-state index is 0.136. The van der Waals surface area contributed by atoms with Gasteiger partial charge in [-0.3, -0.25) is 0 Å². The van der Waals surface area contributed by atoms with Crippen molar-refractivity contribution in [2.75, 3.05) is 0 Å². The van der Waals surface area contributed by atoms with Crippen LogP contribution in [-0.2, 0) is 6.42 Å². The predicted octanol–water partition coefficient (Wildman–Crippen LogP) is 3.61. The molecule has 0 aliphatic heterocycles. The molecule has 0 heterocycles. The Morgan fingerprint density at radius 3 is 2.17 bits per heavy atom. The van der Waals surface area contributed by atoms with Crippen LogP contribution in [-0.4, -0.2) is 10.2 Å². The summed E-state index contributed by atoms with van der Waals surface area (Å²) in [5.41, 5.74) is 5.29. The molecule has 0 unspecified atom stereocenters. The Balaban J connectivity index is 2.37. The van der Waals surface area contributed by atoms with Gasteiger partial charge in [0.1, 0.15) is 11.5 Å². The van der Waals surface area contributed by atoms with Gasteiger partial charge in [0, 0.05) is 12.5 Å². The molecule has 0 aliphatic rings. The van der Waals surface area contributed by atoms with E-state index in [0.29, 0.717) is 6.42 Å². The highest BCUT2D eigenvalue weighted by Crippen LogP contribution is 2.29. The molecule has 0 aliphatic carbocycles. The summed E-state index contributed by atoms with van der Waals surface area (Å²) in [4.78, 5) is 0. The van der Waals surface area contributed by atoms with Gasteiger partial charge in [-0.2, -0.15) is 0 Å². The largest absolute Gasteiger partial charge is 0.508 e. The van der Waals surface area contributed by atoms with Crippen LogP contribution in [0.5, 0.6) is 11.5 Å². The normalized spacial score (nSPS) is 10.6. The van der Waals surface area contributed by atoms with Crippen LogP contribution in [0.1, 0.15) is 27.8 Å². The van der Waals surface area contributed by atoms with Gasteiger partial charge in [0.25, 0.3) is 0 Å². The van der Waals surface area contributed by atoms with Crippen molar-refractivity contribution in [3.63, 3.8) is 0 Å². The molecule has 2 N–H and O–H groups in total. The third kappa shape index (κ3) is 2.48. The van der Waals surface area contributed by atoms with Crippen LogP contribution in [0.25, 0.3) is 0 Å². The van der Waals surface area contributed by atoms with Crippen LogP contribution in [0.2, 0.25) is 0 Å². The molecule has 0 saturated carbocycles. The molecule has 2 rings (SSSR count). The minimum Gasteiger partial charge on any atom is -0.508 e. The highest BCUT2D eigenvalue weighted by molar-refractivity contribution is 5.47. The van der Waals surface area contributed by atoms with Crippen LogP contribution in [0, 0.1) is 20.8 Å². The Bertz CT molecular complexity index is 586.